The van der Waals surface area contributed by atoms with E-state index in [0.29, 0.717) is 12.0 Å². The summed E-state index contributed by atoms with van der Waals surface area (Å²) in [6.07, 6.45) is 2.32. The Labute approximate surface area is 113 Å². The molecule has 3 nitrogen and oxygen atoms in total. The molecule has 0 unspecified atom stereocenters. The minimum Gasteiger partial charge on any atom is -0.370 e. The predicted octanol–water partition coefficient (Wildman–Crippen LogP) is 3.24. The van der Waals surface area contributed by atoms with E-state index in [1.165, 1.54) is 11.1 Å². The molecule has 0 aliphatic heterocycles. The van der Waals surface area contributed by atoms with Crippen LogP contribution < -0.4 is 11.1 Å². The van der Waals surface area contributed by atoms with Gasteiger partial charge >= 0.3 is 0 Å². The summed E-state index contributed by atoms with van der Waals surface area (Å²) in [7, 11) is 0. The standard InChI is InChI=1S/C16H17N3/c17-16(19-15-10-11-15)18-14-8-6-13(7-9-14)12-4-2-1-3-5-12/h1-9,15H,10-11H2,(H3,17,18,19). The lowest BCUT2D eigenvalue weighted by atomic mass is 10.1. The zero-order valence-electron chi connectivity index (χ0n) is 10.7. The second-order valence-corrected chi connectivity index (χ2v) is 4.81. The topological polar surface area (TPSA) is 50.4 Å². The average molecular weight is 251 g/mol. The SMILES string of the molecule is NC(=NC1CC1)Nc1ccc(-c2ccccc2)cc1. The number of nitrogens with zero attached hydrogens (tertiary/aromatic N) is 1. The number of anilines is 1. The van der Waals surface area contributed by atoms with Crippen LogP contribution in [0, 0.1) is 0 Å². The lowest BCUT2D eigenvalue weighted by Crippen LogP contribution is -2.22. The Morgan fingerprint density at radius 2 is 1.58 bits per heavy atom. The largest absolute Gasteiger partial charge is 0.370 e. The second-order valence-electron chi connectivity index (χ2n) is 4.81. The van der Waals surface area contributed by atoms with E-state index in [-0.39, 0.29) is 0 Å². The molecule has 0 saturated heterocycles. The van der Waals surface area contributed by atoms with Crippen LogP contribution in [-0.2, 0) is 0 Å². The molecular weight excluding hydrogens is 234 g/mol. The molecule has 0 bridgehead atoms. The molecular formula is C16H17N3. The fourth-order valence-electron chi connectivity index (χ4n) is 1.96. The van der Waals surface area contributed by atoms with Crippen molar-refractivity contribution in [2.75, 3.05) is 5.32 Å². The molecule has 0 radical (unpaired) electrons. The Kier molecular flexibility index (Phi) is 3.19. The Hall–Kier alpha value is -2.29. The molecule has 2 aromatic rings. The number of hydrogen-bond acceptors (Lipinski definition) is 1. The van der Waals surface area contributed by atoms with Gasteiger partial charge in [-0.15, -0.1) is 0 Å². The van der Waals surface area contributed by atoms with E-state index >= 15 is 0 Å². The van der Waals surface area contributed by atoms with Crippen LogP contribution in [0.15, 0.2) is 59.6 Å². The maximum atomic E-state index is 5.83. The number of aliphatic imine (C=N–C) groups is 1. The normalized spacial score (nSPS) is 15.3. The highest BCUT2D eigenvalue weighted by atomic mass is 15.1. The summed E-state index contributed by atoms with van der Waals surface area (Å²) in [6.45, 7) is 0. The molecule has 1 fully saturated rings. The number of guanidine groups is 1. The van der Waals surface area contributed by atoms with Crippen LogP contribution in [0.1, 0.15) is 12.8 Å². The number of nitrogens with two attached hydrogens (primary N) is 1. The van der Waals surface area contributed by atoms with Crippen molar-refractivity contribution in [3.63, 3.8) is 0 Å². The van der Waals surface area contributed by atoms with E-state index in [4.69, 9.17) is 5.73 Å². The average Bonchev–Trinajstić information content (AvgIpc) is 3.24. The van der Waals surface area contributed by atoms with Gasteiger partial charge in [0.2, 0.25) is 0 Å². The molecule has 96 valence electrons. The highest BCUT2D eigenvalue weighted by molar-refractivity contribution is 5.92. The lowest BCUT2D eigenvalue weighted by Gasteiger charge is -2.07. The van der Waals surface area contributed by atoms with Gasteiger partial charge in [0.1, 0.15) is 0 Å². The van der Waals surface area contributed by atoms with Crippen molar-refractivity contribution < 1.29 is 0 Å². The van der Waals surface area contributed by atoms with E-state index in [1.54, 1.807) is 0 Å². The van der Waals surface area contributed by atoms with Gasteiger partial charge in [-0.3, -0.25) is 0 Å². The molecule has 0 amide bonds. The van der Waals surface area contributed by atoms with E-state index in [2.05, 4.69) is 34.6 Å². The lowest BCUT2D eigenvalue weighted by molar-refractivity contribution is 1.06. The van der Waals surface area contributed by atoms with Gasteiger partial charge in [-0.2, -0.15) is 0 Å². The highest BCUT2D eigenvalue weighted by Gasteiger charge is 2.20. The van der Waals surface area contributed by atoms with Crippen molar-refractivity contribution in [3.05, 3.63) is 54.6 Å². The molecule has 3 N–H and O–H groups in total. The van der Waals surface area contributed by atoms with E-state index < -0.39 is 0 Å². The minimum atomic E-state index is 0.441. The summed E-state index contributed by atoms with van der Waals surface area (Å²) in [5, 5.41) is 3.12. The molecule has 0 heterocycles. The van der Waals surface area contributed by atoms with Crippen molar-refractivity contribution in [1.82, 2.24) is 0 Å². The van der Waals surface area contributed by atoms with E-state index in [9.17, 15) is 0 Å². The summed E-state index contributed by atoms with van der Waals surface area (Å²) >= 11 is 0. The van der Waals surface area contributed by atoms with Gasteiger partial charge in [0, 0.05) is 5.69 Å². The first-order valence-electron chi connectivity index (χ1n) is 6.57. The predicted molar refractivity (Wildman–Crippen MR) is 80.1 cm³/mol. The number of nitrogens with one attached hydrogen (secondary N) is 1. The van der Waals surface area contributed by atoms with Crippen LogP contribution in [0.4, 0.5) is 5.69 Å². The molecule has 1 aliphatic rings. The summed E-state index contributed by atoms with van der Waals surface area (Å²) in [5.74, 6) is 0.509. The number of hydrogen-bond donors (Lipinski definition) is 2. The maximum Gasteiger partial charge on any atom is 0.193 e. The van der Waals surface area contributed by atoms with Crippen molar-refractivity contribution in [1.29, 1.82) is 0 Å². The molecule has 3 heteroatoms. The Bertz CT molecular complexity index is 569. The van der Waals surface area contributed by atoms with Crippen LogP contribution in [0.3, 0.4) is 0 Å². The summed E-state index contributed by atoms with van der Waals surface area (Å²) < 4.78 is 0. The molecule has 2 aromatic carbocycles. The van der Waals surface area contributed by atoms with Gasteiger partial charge < -0.3 is 11.1 Å². The molecule has 0 atom stereocenters. The molecule has 1 saturated carbocycles. The number of benzene rings is 2. The zero-order chi connectivity index (χ0) is 13.1. The van der Waals surface area contributed by atoms with Crippen molar-refractivity contribution in [2.24, 2.45) is 10.7 Å². The first-order valence-corrected chi connectivity index (χ1v) is 6.57. The van der Waals surface area contributed by atoms with Crippen LogP contribution in [0.5, 0.6) is 0 Å². The van der Waals surface area contributed by atoms with Gasteiger partial charge in [-0.25, -0.2) is 4.99 Å². The first-order chi connectivity index (χ1) is 9.31. The highest BCUT2D eigenvalue weighted by Crippen LogP contribution is 2.24. The quantitative estimate of drug-likeness (QED) is 0.650. The monoisotopic (exact) mass is 251 g/mol. The van der Waals surface area contributed by atoms with Crippen molar-refractivity contribution >= 4 is 11.6 Å². The Morgan fingerprint density at radius 3 is 2.21 bits per heavy atom. The Balaban J connectivity index is 1.72. The van der Waals surface area contributed by atoms with Crippen LogP contribution >= 0.6 is 0 Å². The third kappa shape index (κ3) is 3.13. The third-order valence-corrected chi connectivity index (χ3v) is 3.13. The third-order valence-electron chi connectivity index (χ3n) is 3.13. The smallest absolute Gasteiger partial charge is 0.193 e. The van der Waals surface area contributed by atoms with Crippen LogP contribution in [-0.4, -0.2) is 12.0 Å². The number of rotatable bonds is 3. The van der Waals surface area contributed by atoms with Gasteiger partial charge in [-0.1, -0.05) is 42.5 Å². The molecule has 19 heavy (non-hydrogen) atoms. The second kappa shape index (κ2) is 5.14. The van der Waals surface area contributed by atoms with E-state index in [0.717, 1.165) is 18.5 Å². The van der Waals surface area contributed by atoms with Gasteiger partial charge in [-0.05, 0) is 36.1 Å². The Morgan fingerprint density at radius 1 is 0.947 bits per heavy atom. The molecule has 1 aliphatic carbocycles. The fraction of sp³-hybridized carbons (Fsp3) is 0.188. The van der Waals surface area contributed by atoms with Gasteiger partial charge in [0.05, 0.1) is 6.04 Å². The van der Waals surface area contributed by atoms with Crippen molar-refractivity contribution in [3.8, 4) is 11.1 Å². The minimum absolute atomic E-state index is 0.441. The van der Waals surface area contributed by atoms with E-state index in [1.807, 2.05) is 30.3 Å². The summed E-state index contributed by atoms with van der Waals surface area (Å²) in [6, 6.07) is 19.0. The van der Waals surface area contributed by atoms with Crippen molar-refractivity contribution in [2.45, 2.75) is 18.9 Å². The van der Waals surface area contributed by atoms with Crippen LogP contribution in [0.2, 0.25) is 0 Å². The zero-order valence-corrected chi connectivity index (χ0v) is 10.7. The molecule has 3 rings (SSSR count). The maximum absolute atomic E-state index is 5.83. The van der Waals surface area contributed by atoms with Gasteiger partial charge in [0.15, 0.2) is 5.96 Å². The first kappa shape index (κ1) is 11.8. The summed E-state index contributed by atoms with van der Waals surface area (Å²) in [5.41, 5.74) is 9.22. The summed E-state index contributed by atoms with van der Waals surface area (Å²) in [4.78, 5) is 4.35. The van der Waals surface area contributed by atoms with Crippen LogP contribution in [0.25, 0.3) is 11.1 Å². The fourth-order valence-corrected chi connectivity index (χ4v) is 1.96. The van der Waals surface area contributed by atoms with Gasteiger partial charge in [0.25, 0.3) is 0 Å². The molecule has 0 spiro atoms. The molecule has 0 aromatic heterocycles.